The van der Waals surface area contributed by atoms with Gasteiger partial charge in [0.2, 0.25) is 5.09 Å². The maximum absolute atomic E-state index is 12.7. The van der Waals surface area contributed by atoms with Gasteiger partial charge in [0.05, 0.1) is 5.69 Å². The second kappa shape index (κ2) is 8.95. The number of carbonyl (C=O) groups excluding carboxylic acids is 1. The molecular weight excluding hydrogens is 444 g/mol. The number of rotatable bonds is 7. The maximum atomic E-state index is 12.7. The molecule has 0 saturated carbocycles. The highest BCUT2D eigenvalue weighted by molar-refractivity contribution is 7.90. The quantitative estimate of drug-likeness (QED) is 0.425. The number of hydrogen-bond acceptors (Lipinski definition) is 7. The van der Waals surface area contributed by atoms with Gasteiger partial charge in [0, 0.05) is 11.6 Å². The van der Waals surface area contributed by atoms with Gasteiger partial charge in [-0.3, -0.25) is 4.79 Å². The first-order chi connectivity index (χ1) is 15.7. The van der Waals surface area contributed by atoms with Crippen LogP contribution in [0, 0.1) is 20.8 Å². The predicted molar refractivity (Wildman–Crippen MR) is 120 cm³/mol. The van der Waals surface area contributed by atoms with Crippen molar-refractivity contribution in [2.75, 3.05) is 0 Å². The molecule has 0 aliphatic carbocycles. The van der Waals surface area contributed by atoms with E-state index in [4.69, 9.17) is 13.7 Å². The molecule has 1 N–H and O–H groups in total. The van der Waals surface area contributed by atoms with Crippen molar-refractivity contribution in [1.29, 1.82) is 0 Å². The molecule has 0 saturated heterocycles. The Morgan fingerprint density at radius 1 is 0.970 bits per heavy atom. The minimum Gasteiger partial charge on any atom is -0.489 e. The zero-order valence-corrected chi connectivity index (χ0v) is 19.1. The van der Waals surface area contributed by atoms with Crippen LogP contribution in [-0.4, -0.2) is 19.5 Å². The van der Waals surface area contributed by atoms with Gasteiger partial charge in [-0.2, -0.15) is 8.42 Å². The molecule has 4 aromatic rings. The molecule has 0 spiro atoms. The van der Waals surface area contributed by atoms with E-state index in [1.165, 1.54) is 13.0 Å². The molecule has 33 heavy (non-hydrogen) atoms. The largest absolute Gasteiger partial charge is 0.489 e. The Labute approximate surface area is 191 Å². The molecule has 2 aromatic carbocycles. The normalized spacial score (nSPS) is 11.4. The molecule has 0 aliphatic rings. The Morgan fingerprint density at radius 2 is 1.64 bits per heavy atom. The lowest BCUT2D eigenvalue weighted by molar-refractivity contribution is 0.0978. The second-order valence-electron chi connectivity index (χ2n) is 7.46. The van der Waals surface area contributed by atoms with E-state index in [2.05, 4.69) is 5.16 Å². The second-order valence-corrected chi connectivity index (χ2v) is 9.07. The number of furan rings is 1. The van der Waals surface area contributed by atoms with Crippen LogP contribution in [0.2, 0.25) is 0 Å². The van der Waals surface area contributed by atoms with Gasteiger partial charge in [-0.05, 0) is 44.0 Å². The number of ether oxygens (including phenoxy) is 1. The van der Waals surface area contributed by atoms with Gasteiger partial charge in [-0.25, -0.2) is 4.72 Å². The molecule has 170 valence electrons. The van der Waals surface area contributed by atoms with Gasteiger partial charge in [0.15, 0.2) is 0 Å². The summed E-state index contributed by atoms with van der Waals surface area (Å²) in [5.74, 6) is 0.396. The van der Waals surface area contributed by atoms with Crippen molar-refractivity contribution in [3.8, 4) is 16.9 Å². The Bertz CT molecular complexity index is 1370. The van der Waals surface area contributed by atoms with E-state index in [1.807, 2.05) is 59.3 Å². The van der Waals surface area contributed by atoms with Crippen molar-refractivity contribution < 1.29 is 26.9 Å². The Morgan fingerprint density at radius 3 is 2.27 bits per heavy atom. The van der Waals surface area contributed by atoms with E-state index in [-0.39, 0.29) is 23.0 Å². The number of nitrogens with one attached hydrogen (secondary N) is 1. The lowest BCUT2D eigenvalue weighted by atomic mass is 10.1. The van der Waals surface area contributed by atoms with Crippen LogP contribution in [-0.2, 0) is 16.6 Å². The van der Waals surface area contributed by atoms with Crippen molar-refractivity contribution >= 4 is 15.9 Å². The molecule has 0 bridgehead atoms. The predicted octanol–water partition coefficient (Wildman–Crippen LogP) is 4.56. The Balaban J connectivity index is 1.44. The number of amides is 1. The average Bonchev–Trinajstić information content (AvgIpc) is 3.34. The summed E-state index contributed by atoms with van der Waals surface area (Å²) in [7, 11) is -4.23. The summed E-state index contributed by atoms with van der Waals surface area (Å²) in [5.41, 5.74) is 3.08. The van der Waals surface area contributed by atoms with Gasteiger partial charge in [-0.15, -0.1) is 0 Å². The molecule has 0 aliphatic heterocycles. The minimum atomic E-state index is -4.23. The van der Waals surface area contributed by atoms with Gasteiger partial charge in [0.25, 0.3) is 15.9 Å². The third kappa shape index (κ3) is 4.83. The molecular formula is C24H22N2O6S. The Kier molecular flexibility index (Phi) is 6.06. The number of benzene rings is 2. The van der Waals surface area contributed by atoms with Crippen molar-refractivity contribution in [1.82, 2.24) is 9.88 Å². The van der Waals surface area contributed by atoms with Crippen LogP contribution in [0.15, 0.2) is 74.7 Å². The highest BCUT2D eigenvalue weighted by atomic mass is 32.2. The third-order valence-corrected chi connectivity index (χ3v) is 6.29. The number of aromatic nitrogens is 1. The van der Waals surface area contributed by atoms with Crippen LogP contribution < -0.4 is 9.46 Å². The van der Waals surface area contributed by atoms with Crippen molar-refractivity contribution in [3.05, 3.63) is 89.0 Å². The molecule has 0 radical (unpaired) electrons. The van der Waals surface area contributed by atoms with Gasteiger partial charge in [-0.1, -0.05) is 47.6 Å². The standard InChI is InChI=1S/C24H22N2O6S/c1-15-23(17(3)32-25-15)24(27)26-33(28,29)22-13-20(16(2)31-22)14-30-21-11-9-19(10-12-21)18-7-5-4-6-8-18/h4-13H,14H2,1-3H3,(H,26,27). The van der Waals surface area contributed by atoms with Crippen LogP contribution in [0.4, 0.5) is 0 Å². The minimum absolute atomic E-state index is 0.0735. The fourth-order valence-corrected chi connectivity index (χ4v) is 4.31. The number of sulfonamides is 1. The first-order valence-corrected chi connectivity index (χ1v) is 11.6. The first-order valence-electron chi connectivity index (χ1n) is 10.1. The van der Waals surface area contributed by atoms with E-state index in [9.17, 15) is 13.2 Å². The first kappa shape index (κ1) is 22.3. The fourth-order valence-electron chi connectivity index (χ4n) is 3.33. The molecule has 4 rings (SSSR count). The van der Waals surface area contributed by atoms with Crippen LogP contribution in [0.1, 0.15) is 33.1 Å². The van der Waals surface area contributed by atoms with E-state index in [0.717, 1.165) is 11.1 Å². The van der Waals surface area contributed by atoms with E-state index in [1.54, 1.807) is 13.8 Å². The summed E-state index contributed by atoms with van der Waals surface area (Å²) in [6.45, 7) is 4.82. The average molecular weight is 467 g/mol. The number of hydrogen-bond donors (Lipinski definition) is 1. The van der Waals surface area contributed by atoms with Crippen LogP contribution >= 0.6 is 0 Å². The summed E-state index contributed by atoms with van der Waals surface area (Å²) in [6, 6.07) is 18.9. The highest BCUT2D eigenvalue weighted by Crippen LogP contribution is 2.25. The van der Waals surface area contributed by atoms with E-state index in [0.29, 0.717) is 22.8 Å². The summed E-state index contributed by atoms with van der Waals surface area (Å²) in [4.78, 5) is 12.4. The van der Waals surface area contributed by atoms with Gasteiger partial charge >= 0.3 is 0 Å². The van der Waals surface area contributed by atoms with E-state index >= 15 is 0 Å². The highest BCUT2D eigenvalue weighted by Gasteiger charge is 2.27. The molecule has 9 heteroatoms. The Hall–Kier alpha value is -3.85. The van der Waals surface area contributed by atoms with Crippen LogP contribution in [0.25, 0.3) is 11.1 Å². The lowest BCUT2D eigenvalue weighted by Crippen LogP contribution is -2.31. The third-order valence-electron chi connectivity index (χ3n) is 5.11. The molecule has 8 nitrogen and oxygen atoms in total. The number of carbonyl (C=O) groups is 1. The van der Waals surface area contributed by atoms with Gasteiger partial charge in [0.1, 0.15) is 29.4 Å². The SMILES string of the molecule is Cc1noc(C)c1C(=O)NS(=O)(=O)c1cc(COc2ccc(-c3ccccc3)cc2)c(C)o1. The smallest absolute Gasteiger partial charge is 0.297 e. The number of aryl methyl sites for hydroxylation is 3. The van der Waals surface area contributed by atoms with E-state index < -0.39 is 15.9 Å². The topological polar surface area (TPSA) is 112 Å². The lowest BCUT2D eigenvalue weighted by Gasteiger charge is -2.07. The zero-order chi connectivity index (χ0) is 23.6. The molecule has 0 unspecified atom stereocenters. The number of nitrogens with zero attached hydrogens (tertiary/aromatic N) is 1. The molecule has 2 aromatic heterocycles. The summed E-state index contributed by atoms with van der Waals surface area (Å²) in [6.07, 6.45) is 0. The van der Waals surface area contributed by atoms with Crippen LogP contribution in [0.3, 0.4) is 0 Å². The summed E-state index contributed by atoms with van der Waals surface area (Å²) < 4.78 is 43.4. The molecule has 0 fully saturated rings. The van der Waals surface area contributed by atoms with Crippen molar-refractivity contribution in [3.63, 3.8) is 0 Å². The summed E-state index contributed by atoms with van der Waals surface area (Å²) in [5, 5.41) is 3.29. The monoisotopic (exact) mass is 466 g/mol. The van der Waals surface area contributed by atoms with Crippen molar-refractivity contribution in [2.24, 2.45) is 0 Å². The maximum Gasteiger partial charge on any atom is 0.297 e. The summed E-state index contributed by atoms with van der Waals surface area (Å²) >= 11 is 0. The zero-order valence-electron chi connectivity index (χ0n) is 18.3. The van der Waals surface area contributed by atoms with Crippen molar-refractivity contribution in [2.45, 2.75) is 32.5 Å². The van der Waals surface area contributed by atoms with Gasteiger partial charge < -0.3 is 13.7 Å². The molecule has 2 heterocycles. The molecule has 0 atom stereocenters. The van der Waals surface area contributed by atoms with Crippen LogP contribution in [0.5, 0.6) is 5.75 Å². The fraction of sp³-hybridized carbons (Fsp3) is 0.167. The molecule has 1 amide bonds.